The lowest BCUT2D eigenvalue weighted by Crippen LogP contribution is -2.13. The van der Waals surface area contributed by atoms with Gasteiger partial charge in [-0.25, -0.2) is 0 Å². The fourth-order valence-corrected chi connectivity index (χ4v) is 3.57. The highest BCUT2D eigenvalue weighted by Gasteiger charge is 2.18. The molecule has 1 aliphatic rings. The lowest BCUT2D eigenvalue weighted by Gasteiger charge is -2.12. The van der Waals surface area contributed by atoms with Crippen LogP contribution < -0.4 is 5.32 Å². The quantitative estimate of drug-likeness (QED) is 0.692. The van der Waals surface area contributed by atoms with Crippen LogP contribution in [0.2, 0.25) is 0 Å². The van der Waals surface area contributed by atoms with Crippen LogP contribution >= 0.6 is 45.2 Å². The fraction of sp³-hybridized carbons (Fsp3) is 0.400. The predicted molar refractivity (Wildman–Crippen MR) is 73.5 cm³/mol. The Balaban J connectivity index is 2.34. The van der Waals surface area contributed by atoms with Gasteiger partial charge < -0.3 is 10.4 Å². The van der Waals surface area contributed by atoms with Crippen LogP contribution in [0.1, 0.15) is 24.4 Å². The smallest absolute Gasteiger partial charge is 0.142 e. The summed E-state index contributed by atoms with van der Waals surface area (Å²) in [4.78, 5) is 0. The zero-order chi connectivity index (χ0) is 10.1. The summed E-state index contributed by atoms with van der Waals surface area (Å²) >= 11 is 4.36. The normalized spacial score (nSPS) is 21.4. The molecule has 76 valence electrons. The minimum atomic E-state index is 0.410. The number of hydrogen-bond acceptors (Lipinski definition) is 2. The highest BCUT2D eigenvalue weighted by molar-refractivity contribution is 14.1. The van der Waals surface area contributed by atoms with Crippen molar-refractivity contribution >= 4 is 45.2 Å². The van der Waals surface area contributed by atoms with E-state index in [-0.39, 0.29) is 0 Å². The van der Waals surface area contributed by atoms with E-state index in [1.807, 2.05) is 0 Å². The zero-order valence-corrected chi connectivity index (χ0v) is 11.9. The Labute approximate surface area is 111 Å². The number of nitrogens with one attached hydrogen (secondary N) is 1. The van der Waals surface area contributed by atoms with Gasteiger partial charge in [0.2, 0.25) is 0 Å². The molecule has 0 aromatic heterocycles. The molecule has 1 atom stereocenters. The molecule has 2 nitrogen and oxygen atoms in total. The molecule has 0 unspecified atom stereocenters. The van der Waals surface area contributed by atoms with E-state index in [4.69, 9.17) is 0 Å². The number of phenolic OH excluding ortho intramolecular Hbond substituents is 1. The Morgan fingerprint density at radius 2 is 1.93 bits per heavy atom. The van der Waals surface area contributed by atoms with E-state index in [9.17, 15) is 5.11 Å². The van der Waals surface area contributed by atoms with Gasteiger partial charge in [-0.05, 0) is 82.3 Å². The Bertz CT molecular complexity index is 325. The molecule has 0 amide bonds. The Morgan fingerprint density at radius 3 is 2.43 bits per heavy atom. The molecule has 4 heteroatoms. The molecule has 0 bridgehead atoms. The van der Waals surface area contributed by atoms with Gasteiger partial charge in [-0.3, -0.25) is 0 Å². The van der Waals surface area contributed by atoms with Crippen molar-refractivity contribution in [1.29, 1.82) is 0 Å². The monoisotopic (exact) mass is 415 g/mol. The van der Waals surface area contributed by atoms with E-state index in [2.05, 4.69) is 62.6 Å². The second-order valence-corrected chi connectivity index (χ2v) is 5.81. The summed E-state index contributed by atoms with van der Waals surface area (Å²) in [7, 11) is 0. The summed E-state index contributed by atoms with van der Waals surface area (Å²) in [5.74, 6) is 0.410. The number of halogens is 2. The standard InChI is InChI=1S/C10H11I2NO/c11-7-4-6(5-8(12)10(7)14)9-2-1-3-13-9/h4-5,9,13-14H,1-3H2/t9-/m1/s1. The topological polar surface area (TPSA) is 32.3 Å². The van der Waals surface area contributed by atoms with E-state index in [0.717, 1.165) is 13.7 Å². The van der Waals surface area contributed by atoms with Crippen molar-refractivity contribution in [1.82, 2.24) is 5.32 Å². The molecule has 1 saturated heterocycles. The van der Waals surface area contributed by atoms with E-state index in [1.54, 1.807) is 0 Å². The maximum Gasteiger partial charge on any atom is 0.142 e. The van der Waals surface area contributed by atoms with Crippen LogP contribution in [0.25, 0.3) is 0 Å². The summed E-state index contributed by atoms with van der Waals surface area (Å²) < 4.78 is 1.89. The largest absolute Gasteiger partial charge is 0.506 e. The number of hydrogen-bond donors (Lipinski definition) is 2. The van der Waals surface area contributed by atoms with E-state index < -0.39 is 0 Å². The van der Waals surface area contributed by atoms with Crippen molar-refractivity contribution in [2.24, 2.45) is 0 Å². The third kappa shape index (κ3) is 2.16. The summed E-state index contributed by atoms with van der Waals surface area (Å²) in [6.07, 6.45) is 2.45. The van der Waals surface area contributed by atoms with Gasteiger partial charge in [-0.2, -0.15) is 0 Å². The van der Waals surface area contributed by atoms with Crippen molar-refractivity contribution in [3.8, 4) is 5.75 Å². The van der Waals surface area contributed by atoms with Crippen LogP contribution in [-0.2, 0) is 0 Å². The molecule has 1 aromatic rings. The molecule has 1 heterocycles. The van der Waals surface area contributed by atoms with Gasteiger partial charge >= 0.3 is 0 Å². The first-order valence-corrected chi connectivity index (χ1v) is 6.75. The molecular formula is C10H11I2NO. The Kier molecular flexibility index (Phi) is 3.54. The van der Waals surface area contributed by atoms with E-state index >= 15 is 0 Å². The van der Waals surface area contributed by atoms with Crippen LogP contribution in [0.15, 0.2) is 12.1 Å². The maximum absolute atomic E-state index is 9.64. The van der Waals surface area contributed by atoms with Gasteiger partial charge in [-0.1, -0.05) is 0 Å². The number of aromatic hydroxyl groups is 1. The molecule has 0 aliphatic carbocycles. The van der Waals surface area contributed by atoms with Crippen molar-refractivity contribution in [2.45, 2.75) is 18.9 Å². The number of phenols is 1. The third-order valence-electron chi connectivity index (χ3n) is 2.50. The predicted octanol–water partition coefficient (Wildman–Crippen LogP) is 3.03. The molecular weight excluding hydrogens is 404 g/mol. The van der Waals surface area contributed by atoms with Crippen LogP contribution in [0.5, 0.6) is 5.75 Å². The molecule has 0 saturated carbocycles. The zero-order valence-electron chi connectivity index (χ0n) is 7.56. The Hall–Kier alpha value is 0.440. The van der Waals surface area contributed by atoms with Gasteiger partial charge in [0.15, 0.2) is 0 Å². The summed E-state index contributed by atoms with van der Waals surface area (Å²) in [5, 5.41) is 13.1. The second-order valence-electron chi connectivity index (χ2n) is 3.48. The molecule has 1 aliphatic heterocycles. The minimum Gasteiger partial charge on any atom is -0.506 e. The summed E-state index contributed by atoms with van der Waals surface area (Å²) in [5.41, 5.74) is 1.30. The fourth-order valence-electron chi connectivity index (χ4n) is 1.76. The first-order valence-electron chi connectivity index (χ1n) is 4.60. The highest BCUT2D eigenvalue weighted by Crippen LogP contribution is 2.32. The lowest BCUT2D eigenvalue weighted by molar-refractivity contribution is 0.466. The summed E-state index contributed by atoms with van der Waals surface area (Å²) in [6, 6.07) is 4.62. The third-order valence-corrected chi connectivity index (χ3v) is 4.15. The van der Waals surface area contributed by atoms with Crippen LogP contribution in [0.3, 0.4) is 0 Å². The SMILES string of the molecule is Oc1c(I)cc([C@H]2CCCN2)cc1I. The lowest BCUT2D eigenvalue weighted by atomic mass is 10.1. The van der Waals surface area contributed by atoms with Crippen LogP contribution in [0, 0.1) is 7.14 Å². The first kappa shape index (κ1) is 10.9. The molecule has 1 fully saturated rings. The number of benzene rings is 1. The Morgan fingerprint density at radius 1 is 1.29 bits per heavy atom. The molecule has 14 heavy (non-hydrogen) atoms. The average molecular weight is 415 g/mol. The maximum atomic E-state index is 9.64. The van der Waals surface area contributed by atoms with Crippen LogP contribution in [-0.4, -0.2) is 11.7 Å². The molecule has 2 rings (SSSR count). The minimum absolute atomic E-state index is 0.410. The number of rotatable bonds is 1. The summed E-state index contributed by atoms with van der Waals surface area (Å²) in [6.45, 7) is 1.11. The molecule has 1 aromatic carbocycles. The van der Waals surface area contributed by atoms with E-state index in [1.165, 1.54) is 18.4 Å². The van der Waals surface area contributed by atoms with Gasteiger partial charge in [0.1, 0.15) is 5.75 Å². The van der Waals surface area contributed by atoms with Crippen LogP contribution in [0.4, 0.5) is 0 Å². The first-order chi connectivity index (χ1) is 6.68. The van der Waals surface area contributed by atoms with Gasteiger partial charge in [-0.15, -0.1) is 0 Å². The van der Waals surface area contributed by atoms with Gasteiger partial charge in [0.05, 0.1) is 7.14 Å². The van der Waals surface area contributed by atoms with Gasteiger partial charge in [0, 0.05) is 6.04 Å². The highest BCUT2D eigenvalue weighted by atomic mass is 127. The van der Waals surface area contributed by atoms with Crippen molar-refractivity contribution in [3.63, 3.8) is 0 Å². The molecule has 0 radical (unpaired) electrons. The molecule has 2 N–H and O–H groups in total. The van der Waals surface area contributed by atoms with Gasteiger partial charge in [0.25, 0.3) is 0 Å². The van der Waals surface area contributed by atoms with Crippen molar-refractivity contribution in [2.75, 3.05) is 6.54 Å². The average Bonchev–Trinajstić information content (AvgIpc) is 2.66. The van der Waals surface area contributed by atoms with E-state index in [0.29, 0.717) is 11.8 Å². The van der Waals surface area contributed by atoms with Crippen molar-refractivity contribution in [3.05, 3.63) is 24.8 Å². The second kappa shape index (κ2) is 4.52. The molecule has 0 spiro atoms. The van der Waals surface area contributed by atoms with Crippen molar-refractivity contribution < 1.29 is 5.11 Å².